The second kappa shape index (κ2) is 6.38. The molecule has 0 radical (unpaired) electrons. The fourth-order valence-corrected chi connectivity index (χ4v) is 1.63. The minimum atomic E-state index is -0.693. The van der Waals surface area contributed by atoms with Crippen LogP contribution in [0.15, 0.2) is 42.6 Å². The number of nitrogens with two attached hydrogens (primary N) is 1. The van der Waals surface area contributed by atoms with E-state index < -0.39 is 12.0 Å². The number of rotatable bonds is 5. The van der Waals surface area contributed by atoms with Gasteiger partial charge in [-0.25, -0.2) is 9.59 Å². The Balaban J connectivity index is 1.91. The molecule has 1 heterocycles. The maximum Gasteiger partial charge on any atom is 0.338 e. The number of Topliss-reactive ketones (excluding diaryl/α,β-unsaturated/α-hetero) is 1. The van der Waals surface area contributed by atoms with Crippen LogP contribution in [0.1, 0.15) is 20.8 Å². The largest absolute Gasteiger partial charge is 0.454 e. The van der Waals surface area contributed by atoms with Gasteiger partial charge in [0.15, 0.2) is 6.61 Å². The number of urea groups is 1. The van der Waals surface area contributed by atoms with Crippen LogP contribution < -0.4 is 11.1 Å². The van der Waals surface area contributed by atoms with Gasteiger partial charge in [-0.2, -0.15) is 0 Å². The molecule has 0 atom stereocenters. The number of nitrogens with one attached hydrogen (secondary N) is 2. The predicted molar refractivity (Wildman–Crippen MR) is 75.1 cm³/mol. The number of aromatic nitrogens is 1. The van der Waals surface area contributed by atoms with Gasteiger partial charge < -0.3 is 20.8 Å². The number of carbonyl (C=O) groups excluding carboxylic acids is 3. The molecular weight excluding hydrogens is 274 g/mol. The van der Waals surface area contributed by atoms with Gasteiger partial charge in [0.2, 0.25) is 5.78 Å². The highest BCUT2D eigenvalue weighted by molar-refractivity contribution is 5.98. The Kier molecular flexibility index (Phi) is 4.35. The average molecular weight is 287 g/mol. The first-order valence-corrected chi connectivity index (χ1v) is 6.06. The van der Waals surface area contributed by atoms with Gasteiger partial charge in [0.25, 0.3) is 0 Å². The first-order chi connectivity index (χ1) is 10.1. The standard InChI is InChI=1S/C14H13N3O4/c15-14(20)17-10-5-3-9(4-6-10)13(19)21-8-12(18)11-2-1-7-16-11/h1-7,16H,8H2,(H3,15,17,20). The zero-order chi connectivity index (χ0) is 15.2. The van der Waals surface area contributed by atoms with Gasteiger partial charge in [-0.1, -0.05) is 0 Å². The Labute approximate surface area is 120 Å². The van der Waals surface area contributed by atoms with Crippen molar-refractivity contribution in [3.8, 4) is 0 Å². The van der Waals surface area contributed by atoms with Crippen LogP contribution in [0.4, 0.5) is 10.5 Å². The third-order valence-electron chi connectivity index (χ3n) is 2.62. The van der Waals surface area contributed by atoms with Gasteiger partial charge in [-0.3, -0.25) is 4.79 Å². The summed E-state index contributed by atoms with van der Waals surface area (Å²) in [6.45, 7) is -0.347. The molecule has 4 N–H and O–H groups in total. The summed E-state index contributed by atoms with van der Waals surface area (Å²) in [7, 11) is 0. The SMILES string of the molecule is NC(=O)Nc1ccc(C(=O)OCC(=O)c2ccc[nH]2)cc1. The molecule has 0 aliphatic carbocycles. The zero-order valence-corrected chi connectivity index (χ0v) is 11.0. The van der Waals surface area contributed by atoms with Crippen molar-refractivity contribution in [1.29, 1.82) is 0 Å². The Morgan fingerprint density at radius 1 is 1.14 bits per heavy atom. The predicted octanol–water partition coefficient (Wildman–Crippen LogP) is 1.55. The summed E-state index contributed by atoms with van der Waals surface area (Å²) < 4.78 is 4.91. The maximum atomic E-state index is 11.8. The average Bonchev–Trinajstić information content (AvgIpc) is 2.99. The smallest absolute Gasteiger partial charge is 0.338 e. The van der Waals surface area contributed by atoms with Crippen LogP contribution in [0.3, 0.4) is 0 Å². The molecule has 1 aromatic carbocycles. The molecule has 0 bridgehead atoms. The Morgan fingerprint density at radius 3 is 2.43 bits per heavy atom. The van der Waals surface area contributed by atoms with Crippen LogP contribution in [-0.2, 0) is 4.74 Å². The number of benzene rings is 1. The summed E-state index contributed by atoms with van der Waals surface area (Å²) in [6.07, 6.45) is 1.61. The molecule has 2 rings (SSSR count). The van der Waals surface area contributed by atoms with E-state index in [2.05, 4.69) is 10.3 Å². The Bertz CT molecular complexity index is 647. The number of hydrogen-bond acceptors (Lipinski definition) is 4. The van der Waals surface area contributed by atoms with Gasteiger partial charge in [0.05, 0.1) is 11.3 Å². The first-order valence-electron chi connectivity index (χ1n) is 6.06. The lowest BCUT2D eigenvalue weighted by Gasteiger charge is -2.05. The van der Waals surface area contributed by atoms with Crippen LogP contribution in [-0.4, -0.2) is 29.4 Å². The quantitative estimate of drug-likeness (QED) is 0.571. The molecule has 108 valence electrons. The van der Waals surface area contributed by atoms with E-state index in [9.17, 15) is 14.4 Å². The van der Waals surface area contributed by atoms with Gasteiger partial charge in [-0.05, 0) is 36.4 Å². The topological polar surface area (TPSA) is 114 Å². The lowest BCUT2D eigenvalue weighted by Crippen LogP contribution is -2.19. The monoisotopic (exact) mass is 287 g/mol. The third-order valence-corrected chi connectivity index (χ3v) is 2.62. The Morgan fingerprint density at radius 2 is 1.86 bits per heavy atom. The first kappa shape index (κ1) is 14.3. The number of ether oxygens (including phenoxy) is 1. The van der Waals surface area contributed by atoms with E-state index in [4.69, 9.17) is 10.5 Å². The number of aromatic amines is 1. The van der Waals surface area contributed by atoms with Crippen molar-refractivity contribution in [3.05, 3.63) is 53.9 Å². The van der Waals surface area contributed by atoms with Crippen molar-refractivity contribution in [2.24, 2.45) is 5.73 Å². The molecule has 0 aliphatic rings. The van der Waals surface area contributed by atoms with Crippen molar-refractivity contribution in [2.75, 3.05) is 11.9 Å². The Hall–Kier alpha value is -3.09. The van der Waals surface area contributed by atoms with E-state index in [0.29, 0.717) is 11.4 Å². The fraction of sp³-hybridized carbons (Fsp3) is 0.0714. The van der Waals surface area contributed by atoms with Gasteiger partial charge in [0.1, 0.15) is 0 Å². The molecule has 2 aromatic rings. The van der Waals surface area contributed by atoms with Crippen molar-refractivity contribution in [1.82, 2.24) is 4.98 Å². The summed E-state index contributed by atoms with van der Waals surface area (Å²) in [5.74, 6) is -0.944. The normalized spacial score (nSPS) is 9.90. The van der Waals surface area contributed by atoms with Crippen LogP contribution >= 0.6 is 0 Å². The van der Waals surface area contributed by atoms with Crippen LogP contribution in [0.5, 0.6) is 0 Å². The highest BCUT2D eigenvalue weighted by Gasteiger charge is 2.12. The molecule has 0 spiro atoms. The molecule has 21 heavy (non-hydrogen) atoms. The van der Waals surface area contributed by atoms with E-state index in [0.717, 1.165) is 0 Å². The molecule has 0 saturated heterocycles. The van der Waals surface area contributed by atoms with E-state index in [1.54, 1.807) is 18.3 Å². The second-order valence-electron chi connectivity index (χ2n) is 4.15. The number of H-pyrrole nitrogens is 1. The second-order valence-corrected chi connectivity index (χ2v) is 4.15. The van der Waals surface area contributed by atoms with E-state index in [1.165, 1.54) is 24.3 Å². The highest BCUT2D eigenvalue weighted by Crippen LogP contribution is 2.10. The fourth-order valence-electron chi connectivity index (χ4n) is 1.63. The number of esters is 1. The highest BCUT2D eigenvalue weighted by atomic mass is 16.5. The minimum absolute atomic E-state index is 0.268. The number of ketones is 1. The summed E-state index contributed by atoms with van der Waals surface area (Å²) in [4.78, 5) is 36.8. The van der Waals surface area contributed by atoms with Crippen molar-refractivity contribution >= 4 is 23.5 Å². The lowest BCUT2D eigenvalue weighted by atomic mass is 10.2. The molecule has 0 saturated carbocycles. The summed E-state index contributed by atoms with van der Waals surface area (Å²) in [6, 6.07) is 8.53. The zero-order valence-electron chi connectivity index (χ0n) is 11.0. The number of primary amides is 1. The molecule has 7 heteroatoms. The molecule has 2 amide bonds. The number of hydrogen-bond donors (Lipinski definition) is 3. The van der Waals surface area contributed by atoms with Crippen molar-refractivity contribution in [2.45, 2.75) is 0 Å². The molecular formula is C14H13N3O4. The van der Waals surface area contributed by atoms with Crippen LogP contribution in [0, 0.1) is 0 Å². The van der Waals surface area contributed by atoms with Gasteiger partial charge in [0, 0.05) is 11.9 Å². The molecule has 7 nitrogen and oxygen atoms in total. The van der Waals surface area contributed by atoms with Crippen molar-refractivity contribution < 1.29 is 19.1 Å². The summed E-state index contributed by atoms with van der Waals surface area (Å²) >= 11 is 0. The lowest BCUT2D eigenvalue weighted by molar-refractivity contribution is 0.0473. The number of amides is 2. The minimum Gasteiger partial charge on any atom is -0.454 e. The van der Waals surface area contributed by atoms with E-state index in [1.807, 2.05) is 0 Å². The van der Waals surface area contributed by atoms with Gasteiger partial charge >= 0.3 is 12.0 Å². The van der Waals surface area contributed by atoms with E-state index in [-0.39, 0.29) is 18.0 Å². The molecule has 0 unspecified atom stereocenters. The summed E-state index contributed by atoms with van der Waals surface area (Å²) in [5, 5.41) is 2.37. The van der Waals surface area contributed by atoms with Gasteiger partial charge in [-0.15, -0.1) is 0 Å². The number of anilines is 1. The molecule has 0 fully saturated rings. The maximum absolute atomic E-state index is 11.8. The molecule has 0 aliphatic heterocycles. The third kappa shape index (κ3) is 3.93. The van der Waals surface area contributed by atoms with Crippen molar-refractivity contribution in [3.63, 3.8) is 0 Å². The number of carbonyl (C=O) groups is 3. The van der Waals surface area contributed by atoms with E-state index >= 15 is 0 Å². The molecule has 1 aromatic heterocycles. The summed E-state index contributed by atoms with van der Waals surface area (Å²) in [5.41, 5.74) is 6.07. The van der Waals surface area contributed by atoms with Crippen LogP contribution in [0.25, 0.3) is 0 Å². The van der Waals surface area contributed by atoms with Crippen LogP contribution in [0.2, 0.25) is 0 Å².